The number of fused-ring (bicyclic) bond motifs is 1. The smallest absolute Gasteiger partial charge is 0.123 e. The fourth-order valence-corrected chi connectivity index (χ4v) is 1.21. The van der Waals surface area contributed by atoms with Gasteiger partial charge in [-0.15, -0.1) is 0 Å². The summed E-state index contributed by atoms with van der Waals surface area (Å²) in [5.41, 5.74) is 0. The van der Waals surface area contributed by atoms with Crippen molar-refractivity contribution in [2.75, 3.05) is 0 Å². The second-order valence-electron chi connectivity index (χ2n) is 2.50. The van der Waals surface area contributed by atoms with Crippen LogP contribution in [0.15, 0.2) is 42.5 Å². The summed E-state index contributed by atoms with van der Waals surface area (Å²) >= 11 is 0. The van der Waals surface area contributed by atoms with Gasteiger partial charge in [-0.3, -0.25) is 0 Å². The van der Waals surface area contributed by atoms with E-state index < -0.39 is 0 Å². The molecule has 0 amide bonds. The molecule has 0 saturated heterocycles. The van der Waals surface area contributed by atoms with Crippen LogP contribution in [0, 0.1) is 0 Å². The number of phenolic OH excluding ortho intramolecular Hbond substituents is 1. The maximum atomic E-state index is 9.37. The molecule has 0 saturated carbocycles. The molecule has 1 nitrogen and oxygen atoms in total. The summed E-state index contributed by atoms with van der Waals surface area (Å²) in [4.78, 5) is 0. The topological polar surface area (TPSA) is 20.2 Å². The van der Waals surface area contributed by atoms with E-state index in [9.17, 15) is 5.11 Å². The molecule has 2 aromatic carbocycles. The molecule has 0 aliphatic carbocycles. The van der Waals surface area contributed by atoms with Gasteiger partial charge < -0.3 is 5.11 Å². The number of rotatable bonds is 0. The third-order valence-corrected chi connectivity index (χ3v) is 1.77. The summed E-state index contributed by atoms with van der Waals surface area (Å²) in [6, 6.07) is 13.3. The molecular formula is C10H8OW. The Morgan fingerprint density at radius 2 is 1.50 bits per heavy atom. The van der Waals surface area contributed by atoms with Crippen LogP contribution in [0.3, 0.4) is 0 Å². The zero-order valence-corrected chi connectivity index (χ0v) is 9.33. The summed E-state index contributed by atoms with van der Waals surface area (Å²) in [5.74, 6) is 0.350. The molecule has 2 aromatic rings. The number of benzene rings is 2. The molecule has 2 rings (SSSR count). The maximum absolute atomic E-state index is 9.37. The van der Waals surface area contributed by atoms with Gasteiger partial charge in [0, 0.05) is 26.5 Å². The SMILES string of the molecule is Oc1cccc2ccccc12.[W]. The molecule has 0 aliphatic heterocycles. The van der Waals surface area contributed by atoms with Crippen molar-refractivity contribution in [2.24, 2.45) is 0 Å². The first-order valence-corrected chi connectivity index (χ1v) is 3.54. The normalized spacial score (nSPS) is 9.33. The largest absolute Gasteiger partial charge is 0.507 e. The minimum Gasteiger partial charge on any atom is -0.507 e. The first-order chi connectivity index (χ1) is 5.38. The van der Waals surface area contributed by atoms with E-state index in [-0.39, 0.29) is 21.1 Å². The van der Waals surface area contributed by atoms with Crippen molar-refractivity contribution in [2.45, 2.75) is 0 Å². The van der Waals surface area contributed by atoms with Crippen LogP contribution in [-0.2, 0) is 21.1 Å². The minimum atomic E-state index is 0. The van der Waals surface area contributed by atoms with Gasteiger partial charge in [-0.2, -0.15) is 0 Å². The van der Waals surface area contributed by atoms with Crippen molar-refractivity contribution in [3.63, 3.8) is 0 Å². The Morgan fingerprint density at radius 1 is 0.833 bits per heavy atom. The Morgan fingerprint density at radius 3 is 2.25 bits per heavy atom. The molecule has 0 radical (unpaired) electrons. The van der Waals surface area contributed by atoms with Crippen molar-refractivity contribution >= 4 is 10.8 Å². The average molecular weight is 328 g/mol. The maximum Gasteiger partial charge on any atom is 0.123 e. The van der Waals surface area contributed by atoms with Crippen molar-refractivity contribution in [1.82, 2.24) is 0 Å². The molecule has 0 atom stereocenters. The molecule has 60 valence electrons. The molecule has 0 heterocycles. The molecule has 0 aliphatic rings. The molecular weight excluding hydrogens is 320 g/mol. The van der Waals surface area contributed by atoms with Crippen LogP contribution in [-0.4, -0.2) is 5.11 Å². The number of hydrogen-bond acceptors (Lipinski definition) is 1. The first-order valence-electron chi connectivity index (χ1n) is 3.54. The van der Waals surface area contributed by atoms with Crippen LogP contribution >= 0.6 is 0 Å². The molecule has 0 unspecified atom stereocenters. The summed E-state index contributed by atoms with van der Waals surface area (Å²) in [5, 5.41) is 11.4. The van der Waals surface area contributed by atoms with Gasteiger partial charge in [0.15, 0.2) is 0 Å². The third-order valence-electron chi connectivity index (χ3n) is 1.77. The standard InChI is InChI=1S/C10H8O.W/c11-10-7-3-5-8-4-1-2-6-9(8)10;/h1-7,11H;. The molecule has 0 spiro atoms. The van der Waals surface area contributed by atoms with E-state index >= 15 is 0 Å². The van der Waals surface area contributed by atoms with Crippen molar-refractivity contribution in [3.8, 4) is 5.75 Å². The number of aromatic hydroxyl groups is 1. The summed E-state index contributed by atoms with van der Waals surface area (Å²) < 4.78 is 0. The fourth-order valence-electron chi connectivity index (χ4n) is 1.21. The van der Waals surface area contributed by atoms with E-state index in [0.29, 0.717) is 5.75 Å². The molecule has 0 fully saturated rings. The van der Waals surface area contributed by atoms with E-state index in [2.05, 4.69) is 0 Å². The molecule has 0 bridgehead atoms. The fraction of sp³-hybridized carbons (Fsp3) is 0. The first kappa shape index (κ1) is 9.28. The van der Waals surface area contributed by atoms with Crippen molar-refractivity contribution < 1.29 is 26.2 Å². The molecule has 0 aromatic heterocycles. The molecule has 12 heavy (non-hydrogen) atoms. The Labute approximate surface area is 85.3 Å². The van der Waals surface area contributed by atoms with E-state index in [1.165, 1.54) is 0 Å². The van der Waals surface area contributed by atoms with E-state index in [1.807, 2.05) is 36.4 Å². The predicted molar refractivity (Wildman–Crippen MR) is 45.6 cm³/mol. The zero-order valence-electron chi connectivity index (χ0n) is 6.40. The second-order valence-corrected chi connectivity index (χ2v) is 2.50. The van der Waals surface area contributed by atoms with E-state index in [4.69, 9.17) is 0 Å². The van der Waals surface area contributed by atoms with Gasteiger partial charge in [-0.05, 0) is 11.5 Å². The molecule has 2 heteroatoms. The van der Waals surface area contributed by atoms with Crippen molar-refractivity contribution in [3.05, 3.63) is 42.5 Å². The van der Waals surface area contributed by atoms with Crippen LogP contribution < -0.4 is 0 Å². The Hall–Kier alpha value is -0.812. The number of hydrogen-bond donors (Lipinski definition) is 1. The summed E-state index contributed by atoms with van der Waals surface area (Å²) in [6.07, 6.45) is 0. The minimum absolute atomic E-state index is 0. The third kappa shape index (κ3) is 1.51. The Balaban J connectivity index is 0.000000720. The van der Waals surface area contributed by atoms with Gasteiger partial charge in [0.1, 0.15) is 5.75 Å². The van der Waals surface area contributed by atoms with Gasteiger partial charge in [-0.1, -0.05) is 36.4 Å². The van der Waals surface area contributed by atoms with Gasteiger partial charge >= 0.3 is 0 Å². The predicted octanol–water partition coefficient (Wildman–Crippen LogP) is 2.54. The quantitative estimate of drug-likeness (QED) is 0.788. The van der Waals surface area contributed by atoms with Crippen LogP contribution in [0.2, 0.25) is 0 Å². The van der Waals surface area contributed by atoms with E-state index in [1.54, 1.807) is 6.07 Å². The van der Waals surface area contributed by atoms with E-state index in [0.717, 1.165) is 10.8 Å². The summed E-state index contributed by atoms with van der Waals surface area (Å²) in [6.45, 7) is 0. The van der Waals surface area contributed by atoms with Crippen LogP contribution in [0.5, 0.6) is 5.75 Å². The van der Waals surface area contributed by atoms with Gasteiger partial charge in [0.25, 0.3) is 0 Å². The van der Waals surface area contributed by atoms with Gasteiger partial charge in [-0.25, -0.2) is 0 Å². The van der Waals surface area contributed by atoms with Gasteiger partial charge in [0.05, 0.1) is 0 Å². The average Bonchev–Trinajstić information content (AvgIpc) is 2.06. The Bertz CT molecular complexity index is 379. The zero-order chi connectivity index (χ0) is 7.68. The summed E-state index contributed by atoms with van der Waals surface area (Å²) in [7, 11) is 0. The van der Waals surface area contributed by atoms with Crippen molar-refractivity contribution in [1.29, 1.82) is 0 Å². The van der Waals surface area contributed by atoms with Gasteiger partial charge in [0.2, 0.25) is 0 Å². The Kier molecular flexibility index (Phi) is 2.88. The van der Waals surface area contributed by atoms with Crippen LogP contribution in [0.1, 0.15) is 0 Å². The second kappa shape index (κ2) is 3.73. The van der Waals surface area contributed by atoms with Crippen LogP contribution in [0.25, 0.3) is 10.8 Å². The molecule has 1 N–H and O–H groups in total. The number of phenols is 1. The van der Waals surface area contributed by atoms with Crippen LogP contribution in [0.4, 0.5) is 0 Å². The monoisotopic (exact) mass is 328 g/mol.